The molecule has 2 aliphatic heterocycles. The number of pyridine rings is 2. The van der Waals surface area contributed by atoms with E-state index in [1.807, 2.05) is 51.3 Å². The summed E-state index contributed by atoms with van der Waals surface area (Å²) in [5.74, 6) is 1.86. The molecular weight excluding hydrogens is 604 g/mol. The number of benzene rings is 1. The predicted molar refractivity (Wildman–Crippen MR) is 167 cm³/mol. The number of hydroxylamine groups is 1. The van der Waals surface area contributed by atoms with Gasteiger partial charge in [-0.1, -0.05) is 10.5 Å². The monoisotopic (exact) mass is 636 g/mol. The van der Waals surface area contributed by atoms with E-state index in [4.69, 9.17) is 19.3 Å². The molecule has 44 heavy (non-hydrogen) atoms. The number of halogens is 1. The number of likely N-dealkylation sites (tertiary alicyclic amines) is 1. The van der Waals surface area contributed by atoms with E-state index in [9.17, 15) is 9.18 Å². The molecule has 0 radical (unpaired) electrons. The van der Waals surface area contributed by atoms with E-state index in [0.717, 1.165) is 29.0 Å². The molecule has 1 aromatic carbocycles. The fourth-order valence-electron chi connectivity index (χ4n) is 4.87. The first-order valence-corrected chi connectivity index (χ1v) is 16.0. The van der Waals surface area contributed by atoms with Gasteiger partial charge in [0.05, 0.1) is 11.7 Å². The number of ether oxygens (including phenoxy) is 2. The van der Waals surface area contributed by atoms with E-state index in [-0.39, 0.29) is 23.9 Å². The van der Waals surface area contributed by atoms with Crippen molar-refractivity contribution in [3.8, 4) is 17.4 Å². The molecule has 2 aliphatic rings. The van der Waals surface area contributed by atoms with Crippen LogP contribution in [-0.2, 0) is 4.74 Å². The van der Waals surface area contributed by atoms with E-state index in [1.54, 1.807) is 33.9 Å². The summed E-state index contributed by atoms with van der Waals surface area (Å²) in [7, 11) is 0. The normalized spacial score (nSPS) is 17.2. The van der Waals surface area contributed by atoms with Crippen molar-refractivity contribution in [3.63, 3.8) is 0 Å². The van der Waals surface area contributed by atoms with Gasteiger partial charge in [0.15, 0.2) is 16.7 Å². The number of hydrogen-bond donors (Lipinski definition) is 1. The van der Waals surface area contributed by atoms with Crippen LogP contribution in [-0.4, -0.2) is 49.1 Å². The Morgan fingerprint density at radius 2 is 1.93 bits per heavy atom. The van der Waals surface area contributed by atoms with Crippen LogP contribution in [0.4, 0.5) is 20.1 Å². The second-order valence-electron chi connectivity index (χ2n) is 11.6. The lowest BCUT2D eigenvalue weighted by Gasteiger charge is -2.32. The Morgan fingerprint density at radius 1 is 1.16 bits per heavy atom. The molecule has 230 valence electrons. The maximum Gasteiger partial charge on any atom is 0.410 e. The first-order valence-electron chi connectivity index (χ1n) is 14.4. The largest absolute Gasteiger partial charge is 0.453 e. The summed E-state index contributed by atoms with van der Waals surface area (Å²) in [6, 6.07) is 11.6. The van der Waals surface area contributed by atoms with Crippen LogP contribution >= 0.6 is 23.3 Å². The highest BCUT2D eigenvalue weighted by Gasteiger charge is 2.32. The number of aromatic nitrogens is 3. The highest BCUT2D eigenvalue weighted by atomic mass is 32.2. The number of thiazole rings is 1. The van der Waals surface area contributed by atoms with Crippen molar-refractivity contribution in [2.75, 3.05) is 18.4 Å². The van der Waals surface area contributed by atoms with Crippen molar-refractivity contribution < 1.29 is 23.5 Å². The lowest BCUT2D eigenvalue weighted by Crippen LogP contribution is -2.41. The molecule has 0 bridgehead atoms. The van der Waals surface area contributed by atoms with Crippen molar-refractivity contribution in [1.29, 1.82) is 0 Å². The van der Waals surface area contributed by atoms with Crippen LogP contribution in [0.15, 0.2) is 65.1 Å². The van der Waals surface area contributed by atoms with Crippen molar-refractivity contribution in [1.82, 2.24) is 24.3 Å². The molecule has 1 saturated heterocycles. The first-order chi connectivity index (χ1) is 21.1. The van der Waals surface area contributed by atoms with Crippen LogP contribution in [0.5, 0.6) is 17.4 Å². The summed E-state index contributed by atoms with van der Waals surface area (Å²) < 4.78 is 27.0. The molecule has 3 aromatic heterocycles. The van der Waals surface area contributed by atoms with Crippen LogP contribution in [0.1, 0.15) is 63.8 Å². The van der Waals surface area contributed by atoms with Gasteiger partial charge in [-0.3, -0.25) is 0 Å². The zero-order valence-electron chi connectivity index (χ0n) is 24.8. The smallest absolute Gasteiger partial charge is 0.410 e. The molecule has 0 aliphatic carbocycles. The van der Waals surface area contributed by atoms with Crippen molar-refractivity contribution in [2.24, 2.45) is 0 Å². The van der Waals surface area contributed by atoms with Gasteiger partial charge in [0.2, 0.25) is 5.88 Å². The van der Waals surface area contributed by atoms with Gasteiger partial charge in [-0.25, -0.2) is 24.1 Å². The molecule has 1 amide bonds. The molecule has 0 saturated carbocycles. The van der Waals surface area contributed by atoms with Crippen LogP contribution in [0.25, 0.3) is 0 Å². The van der Waals surface area contributed by atoms with Crippen LogP contribution in [0.2, 0.25) is 0 Å². The van der Waals surface area contributed by atoms with E-state index in [1.165, 1.54) is 35.4 Å². The van der Waals surface area contributed by atoms with E-state index >= 15 is 0 Å². The predicted octanol–water partition coefficient (Wildman–Crippen LogP) is 8.10. The van der Waals surface area contributed by atoms with Crippen molar-refractivity contribution in [3.05, 3.63) is 77.3 Å². The Bertz CT molecular complexity index is 1620. The number of nitrogens with zero attached hydrogens (tertiary/aromatic N) is 5. The molecule has 1 unspecified atom stereocenters. The van der Waals surface area contributed by atoms with Gasteiger partial charge in [-0.2, -0.15) is 0 Å². The Labute approximate surface area is 263 Å². The fraction of sp³-hybridized carbons (Fsp3) is 0.355. The average molecular weight is 637 g/mol. The number of rotatable bonds is 7. The molecular formula is C31H33FN6O4S2. The zero-order valence-corrected chi connectivity index (χ0v) is 26.5. The quantitative estimate of drug-likeness (QED) is 0.200. The minimum absolute atomic E-state index is 0.0206. The molecule has 13 heteroatoms. The standard InChI is InChI=1S/C31H33FN6O4S2/c1-19-24-6-5-13-33-28(24)42-38(19)44-23-16-26(40-22-9-7-21(32)8-10-22)27(34-17-23)36-29-35-25(18-43-29)20-11-14-37(15-12-20)30(39)41-31(2,3)4/h5-10,13,16-20H,11-12,14-15H2,1-4H3,(H,34,35,36). The van der Waals surface area contributed by atoms with Gasteiger partial charge < -0.3 is 24.5 Å². The summed E-state index contributed by atoms with van der Waals surface area (Å²) >= 11 is 2.86. The number of carbonyl (C=O) groups is 1. The van der Waals surface area contributed by atoms with Gasteiger partial charge in [-0.15, -0.1) is 11.3 Å². The zero-order chi connectivity index (χ0) is 30.8. The Morgan fingerprint density at radius 3 is 2.66 bits per heavy atom. The van der Waals surface area contributed by atoms with E-state index < -0.39 is 5.60 Å². The SMILES string of the molecule is CC1c2cccnc2ON1Sc1cnc(Nc2nc(C3CCN(C(=O)OC(C)(C)C)CC3)cs2)c(Oc2ccc(F)cc2)c1. The minimum atomic E-state index is -0.517. The molecule has 1 N–H and O–H groups in total. The summed E-state index contributed by atoms with van der Waals surface area (Å²) in [6.07, 6.45) is 4.78. The number of piperidine rings is 1. The molecule has 4 aromatic rings. The third-order valence-corrected chi connectivity index (χ3v) is 8.90. The molecule has 6 rings (SSSR count). The maximum atomic E-state index is 13.6. The molecule has 1 fully saturated rings. The average Bonchev–Trinajstić information content (AvgIpc) is 3.59. The van der Waals surface area contributed by atoms with Gasteiger partial charge >= 0.3 is 6.09 Å². The third kappa shape index (κ3) is 7.06. The van der Waals surface area contributed by atoms with Crippen LogP contribution in [0, 0.1) is 5.82 Å². The summed E-state index contributed by atoms with van der Waals surface area (Å²) in [5.41, 5.74) is 1.46. The Kier molecular flexibility index (Phi) is 8.61. The van der Waals surface area contributed by atoms with Gasteiger partial charge in [0.25, 0.3) is 0 Å². The molecule has 0 spiro atoms. The lowest BCUT2D eigenvalue weighted by atomic mass is 9.94. The number of anilines is 2. The van der Waals surface area contributed by atoms with Gasteiger partial charge in [-0.05, 0) is 82.8 Å². The number of hydrogen-bond acceptors (Lipinski definition) is 11. The van der Waals surface area contributed by atoms with Crippen LogP contribution in [0.3, 0.4) is 0 Å². The lowest BCUT2D eigenvalue weighted by molar-refractivity contribution is 0.0204. The Balaban J connectivity index is 1.16. The maximum absolute atomic E-state index is 13.6. The second kappa shape index (κ2) is 12.6. The highest BCUT2D eigenvalue weighted by molar-refractivity contribution is 7.97. The topological polar surface area (TPSA) is 102 Å². The summed E-state index contributed by atoms with van der Waals surface area (Å²) in [6.45, 7) is 8.91. The number of carbonyl (C=O) groups excluding carboxylic acids is 1. The summed E-state index contributed by atoms with van der Waals surface area (Å²) in [4.78, 5) is 34.8. The minimum Gasteiger partial charge on any atom is -0.453 e. The van der Waals surface area contributed by atoms with Crippen molar-refractivity contribution in [2.45, 2.75) is 63.0 Å². The number of amides is 1. The fourth-order valence-corrected chi connectivity index (χ4v) is 6.51. The number of fused-ring (bicyclic) bond motifs is 1. The third-order valence-electron chi connectivity index (χ3n) is 7.12. The van der Waals surface area contributed by atoms with Gasteiger partial charge in [0, 0.05) is 53.3 Å². The molecule has 10 nitrogen and oxygen atoms in total. The molecule has 1 atom stereocenters. The van der Waals surface area contributed by atoms with Gasteiger partial charge in [0.1, 0.15) is 17.2 Å². The summed E-state index contributed by atoms with van der Waals surface area (Å²) in [5, 5.41) is 6.02. The number of nitrogens with one attached hydrogen (secondary N) is 1. The Hall–Kier alpha value is -3.94. The van der Waals surface area contributed by atoms with Crippen molar-refractivity contribution >= 4 is 40.3 Å². The van der Waals surface area contributed by atoms with E-state index in [2.05, 4.69) is 15.3 Å². The van der Waals surface area contributed by atoms with E-state index in [0.29, 0.717) is 41.4 Å². The first kappa shape index (κ1) is 30.1. The van der Waals surface area contributed by atoms with Crippen LogP contribution < -0.4 is 14.9 Å². The highest BCUT2D eigenvalue weighted by Crippen LogP contribution is 2.43. The molecule has 5 heterocycles. The second-order valence-corrected chi connectivity index (χ2v) is 13.4.